The lowest BCUT2D eigenvalue weighted by Crippen LogP contribution is -2.15. The molecular weight excluding hydrogens is 168 g/mol. The number of nitrogen functional groups attached to an aromatic ring is 1. The third-order valence-corrected chi connectivity index (χ3v) is 1.62. The molecule has 0 fully saturated rings. The van der Waals surface area contributed by atoms with Crippen LogP contribution >= 0.6 is 0 Å². The zero-order chi connectivity index (χ0) is 9.68. The Morgan fingerprint density at radius 1 is 1.69 bits per heavy atom. The van der Waals surface area contributed by atoms with Gasteiger partial charge in [0.25, 0.3) is 0 Å². The average Bonchev–Trinajstić information content (AvgIpc) is 2.14. The maximum absolute atomic E-state index is 8.77. The Bertz CT molecular complexity index is 266. The molecule has 0 aromatic carbocycles. The van der Waals surface area contributed by atoms with Crippen molar-refractivity contribution >= 4 is 11.8 Å². The fraction of sp³-hybridized carbons (Fsp3) is 0.500. The summed E-state index contributed by atoms with van der Waals surface area (Å²) in [4.78, 5) is 7.72. The molecule has 0 saturated heterocycles. The van der Waals surface area contributed by atoms with Crippen LogP contribution in [-0.2, 0) is 0 Å². The molecule has 5 heteroatoms. The molecule has 1 atom stereocenters. The first-order valence-corrected chi connectivity index (χ1v) is 4.15. The van der Waals surface area contributed by atoms with Gasteiger partial charge >= 0.3 is 0 Å². The van der Waals surface area contributed by atoms with Crippen LogP contribution in [0.4, 0.5) is 11.8 Å². The summed E-state index contributed by atoms with van der Waals surface area (Å²) in [5.41, 5.74) is 5.39. The second-order valence-corrected chi connectivity index (χ2v) is 2.97. The smallest absolute Gasteiger partial charge is 0.221 e. The minimum Gasteiger partial charge on any atom is -0.396 e. The lowest BCUT2D eigenvalue weighted by molar-refractivity contribution is 0.244. The molecule has 0 aliphatic heterocycles. The van der Waals surface area contributed by atoms with E-state index in [0.29, 0.717) is 12.4 Å². The number of rotatable bonds is 4. The number of anilines is 2. The quantitative estimate of drug-likeness (QED) is 0.615. The Labute approximate surface area is 77.0 Å². The minimum absolute atomic E-state index is 0.160. The Balaban J connectivity index is 2.45. The molecule has 1 rings (SSSR count). The second kappa shape index (κ2) is 4.61. The van der Waals surface area contributed by atoms with Gasteiger partial charge in [-0.1, -0.05) is 6.92 Å². The molecule has 0 spiro atoms. The van der Waals surface area contributed by atoms with E-state index in [1.54, 1.807) is 12.3 Å². The van der Waals surface area contributed by atoms with E-state index in [2.05, 4.69) is 15.3 Å². The van der Waals surface area contributed by atoms with Gasteiger partial charge in [-0.15, -0.1) is 0 Å². The van der Waals surface area contributed by atoms with Crippen molar-refractivity contribution < 1.29 is 5.11 Å². The number of nitrogens with two attached hydrogens (primary N) is 1. The molecule has 1 aromatic heterocycles. The number of aromatic nitrogens is 2. The van der Waals surface area contributed by atoms with E-state index in [9.17, 15) is 0 Å². The van der Waals surface area contributed by atoms with Gasteiger partial charge in [0, 0.05) is 19.3 Å². The molecule has 13 heavy (non-hydrogen) atoms. The molecule has 1 heterocycles. The van der Waals surface area contributed by atoms with Crippen molar-refractivity contribution in [2.45, 2.75) is 6.92 Å². The summed E-state index contributed by atoms with van der Waals surface area (Å²) in [5.74, 6) is 1.14. The van der Waals surface area contributed by atoms with Crippen molar-refractivity contribution in [2.75, 3.05) is 24.2 Å². The predicted octanol–water partition coefficient (Wildman–Crippen LogP) is 0.0991. The molecule has 0 aliphatic carbocycles. The van der Waals surface area contributed by atoms with Crippen LogP contribution in [0.5, 0.6) is 0 Å². The largest absolute Gasteiger partial charge is 0.396 e. The summed E-state index contributed by atoms with van der Waals surface area (Å²) >= 11 is 0. The van der Waals surface area contributed by atoms with E-state index in [1.165, 1.54) is 0 Å². The van der Waals surface area contributed by atoms with Gasteiger partial charge in [-0.25, -0.2) is 4.98 Å². The van der Waals surface area contributed by atoms with Crippen LogP contribution in [0.1, 0.15) is 6.92 Å². The topological polar surface area (TPSA) is 84.1 Å². The number of hydrogen-bond donors (Lipinski definition) is 3. The fourth-order valence-corrected chi connectivity index (χ4v) is 0.816. The van der Waals surface area contributed by atoms with Crippen LogP contribution < -0.4 is 11.1 Å². The first-order valence-electron chi connectivity index (χ1n) is 4.15. The Morgan fingerprint density at radius 2 is 2.46 bits per heavy atom. The molecule has 0 saturated carbocycles. The van der Waals surface area contributed by atoms with Crippen LogP contribution in [0.2, 0.25) is 0 Å². The van der Waals surface area contributed by atoms with E-state index < -0.39 is 0 Å². The number of nitrogens with one attached hydrogen (secondary N) is 1. The predicted molar refractivity (Wildman–Crippen MR) is 51.2 cm³/mol. The summed E-state index contributed by atoms with van der Waals surface area (Å²) in [6.45, 7) is 2.78. The van der Waals surface area contributed by atoms with E-state index in [4.69, 9.17) is 10.8 Å². The minimum atomic E-state index is 0.160. The third-order valence-electron chi connectivity index (χ3n) is 1.62. The molecular formula is C8H14N4O. The van der Waals surface area contributed by atoms with Crippen molar-refractivity contribution in [3.8, 4) is 0 Å². The second-order valence-electron chi connectivity index (χ2n) is 2.97. The molecule has 0 amide bonds. The number of hydrogen-bond acceptors (Lipinski definition) is 5. The van der Waals surface area contributed by atoms with Crippen LogP contribution in [0, 0.1) is 5.92 Å². The number of aliphatic hydroxyl groups excluding tert-OH is 1. The maximum Gasteiger partial charge on any atom is 0.221 e. The third kappa shape index (κ3) is 3.25. The fourth-order valence-electron chi connectivity index (χ4n) is 0.816. The highest BCUT2D eigenvalue weighted by atomic mass is 16.3. The van der Waals surface area contributed by atoms with Gasteiger partial charge in [0.05, 0.1) is 0 Å². The molecule has 0 bridgehead atoms. The van der Waals surface area contributed by atoms with Gasteiger partial charge in [-0.2, -0.15) is 4.98 Å². The molecule has 72 valence electrons. The highest BCUT2D eigenvalue weighted by molar-refractivity contribution is 5.37. The van der Waals surface area contributed by atoms with Crippen molar-refractivity contribution in [2.24, 2.45) is 5.92 Å². The lowest BCUT2D eigenvalue weighted by atomic mass is 10.2. The molecule has 4 N–H and O–H groups in total. The van der Waals surface area contributed by atoms with Crippen molar-refractivity contribution in [1.29, 1.82) is 0 Å². The van der Waals surface area contributed by atoms with E-state index in [-0.39, 0.29) is 18.5 Å². The van der Waals surface area contributed by atoms with Gasteiger partial charge in [0.2, 0.25) is 5.95 Å². The number of aliphatic hydroxyl groups is 1. The van der Waals surface area contributed by atoms with Crippen LogP contribution in [0.3, 0.4) is 0 Å². The zero-order valence-electron chi connectivity index (χ0n) is 7.57. The first-order chi connectivity index (χ1) is 6.22. The molecule has 1 aromatic rings. The Hall–Kier alpha value is -1.36. The first kappa shape index (κ1) is 9.73. The Kier molecular flexibility index (Phi) is 3.45. The van der Waals surface area contributed by atoms with Gasteiger partial charge in [0.15, 0.2) is 0 Å². The zero-order valence-corrected chi connectivity index (χ0v) is 7.57. The molecule has 0 radical (unpaired) electrons. The van der Waals surface area contributed by atoms with E-state index >= 15 is 0 Å². The molecule has 0 aliphatic rings. The summed E-state index contributed by atoms with van der Waals surface area (Å²) in [7, 11) is 0. The highest BCUT2D eigenvalue weighted by Crippen LogP contribution is 2.03. The maximum atomic E-state index is 8.77. The van der Waals surface area contributed by atoms with E-state index in [0.717, 1.165) is 0 Å². The van der Waals surface area contributed by atoms with Crippen LogP contribution in [-0.4, -0.2) is 28.2 Å². The lowest BCUT2D eigenvalue weighted by Gasteiger charge is -2.09. The average molecular weight is 182 g/mol. The van der Waals surface area contributed by atoms with Crippen molar-refractivity contribution in [3.63, 3.8) is 0 Å². The molecule has 5 nitrogen and oxygen atoms in total. The Morgan fingerprint density at radius 3 is 3.08 bits per heavy atom. The van der Waals surface area contributed by atoms with Gasteiger partial charge < -0.3 is 16.2 Å². The summed E-state index contributed by atoms with van der Waals surface area (Å²) < 4.78 is 0. The molecule has 1 unspecified atom stereocenters. The van der Waals surface area contributed by atoms with Crippen molar-refractivity contribution in [3.05, 3.63) is 12.3 Å². The van der Waals surface area contributed by atoms with Crippen molar-refractivity contribution in [1.82, 2.24) is 9.97 Å². The normalized spacial score (nSPS) is 12.5. The number of nitrogens with zero attached hydrogens (tertiary/aromatic N) is 2. The summed E-state index contributed by atoms with van der Waals surface area (Å²) in [6.07, 6.45) is 1.59. The van der Waals surface area contributed by atoms with Crippen LogP contribution in [0.25, 0.3) is 0 Å². The van der Waals surface area contributed by atoms with Gasteiger partial charge in [0.1, 0.15) is 5.82 Å². The van der Waals surface area contributed by atoms with Gasteiger partial charge in [-0.05, 0) is 12.0 Å². The van der Waals surface area contributed by atoms with Crippen LogP contribution in [0.15, 0.2) is 12.3 Å². The summed E-state index contributed by atoms with van der Waals surface area (Å²) in [6, 6.07) is 1.74. The van der Waals surface area contributed by atoms with Gasteiger partial charge in [-0.3, -0.25) is 0 Å². The van der Waals surface area contributed by atoms with E-state index in [1.807, 2.05) is 6.92 Å². The monoisotopic (exact) mass is 182 g/mol. The highest BCUT2D eigenvalue weighted by Gasteiger charge is 2.00. The standard InChI is InChI=1S/C8H14N4O/c1-6(5-13)4-11-7-2-3-10-8(9)12-7/h2-3,6,13H,4-5H2,1H3,(H3,9,10,11,12). The summed E-state index contributed by atoms with van der Waals surface area (Å²) in [5, 5.41) is 11.8. The SMILES string of the molecule is CC(CO)CNc1ccnc(N)n1.